The minimum Gasteiger partial charge on any atom is -0.205 e. The van der Waals surface area contributed by atoms with Crippen molar-refractivity contribution in [2.24, 2.45) is 0 Å². The predicted octanol–water partition coefficient (Wildman–Crippen LogP) is 2.35. The fourth-order valence-corrected chi connectivity index (χ4v) is 0.855. The van der Waals surface area contributed by atoms with Gasteiger partial charge in [-0.3, -0.25) is 0 Å². The van der Waals surface area contributed by atoms with Crippen LogP contribution in [0.15, 0.2) is 18.2 Å². The summed E-state index contributed by atoms with van der Waals surface area (Å²) in [6.07, 6.45) is 0. The highest BCUT2D eigenvalue weighted by atomic mass is 35.5. The van der Waals surface area contributed by atoms with E-state index in [0.717, 1.165) is 0 Å². The predicted molar refractivity (Wildman–Crippen MR) is 43.9 cm³/mol. The Morgan fingerprint density at radius 1 is 1.42 bits per heavy atom. The van der Waals surface area contributed by atoms with Gasteiger partial charge in [0.05, 0.1) is 5.02 Å². The van der Waals surface area contributed by atoms with Gasteiger partial charge in [-0.05, 0) is 18.2 Å². The molecule has 0 aliphatic carbocycles. The summed E-state index contributed by atoms with van der Waals surface area (Å²) in [7, 11) is 0. The van der Waals surface area contributed by atoms with Crippen molar-refractivity contribution in [1.82, 2.24) is 0 Å². The molecule has 0 N–H and O–H groups in total. The van der Waals surface area contributed by atoms with Gasteiger partial charge < -0.3 is 0 Å². The number of hydrogen-bond acceptors (Lipinski definition) is 1. The van der Waals surface area contributed by atoms with E-state index in [1.54, 1.807) is 6.07 Å². The molecule has 0 aliphatic rings. The lowest BCUT2D eigenvalue weighted by molar-refractivity contribution is 0.628. The van der Waals surface area contributed by atoms with Crippen LogP contribution in [0.1, 0.15) is 5.56 Å². The summed E-state index contributed by atoms with van der Waals surface area (Å²) in [5, 5.41) is 8.13. The Hall–Kier alpha value is -1.51. The molecule has 0 atom stereocenters. The Kier molecular flexibility index (Phi) is 2.69. The highest BCUT2D eigenvalue weighted by Gasteiger charge is 1.97. The van der Waals surface area contributed by atoms with E-state index in [0.29, 0.717) is 5.56 Å². The van der Waals surface area contributed by atoms with Crippen molar-refractivity contribution in [2.45, 2.75) is 0 Å². The molecule has 0 aliphatic heterocycles. The van der Waals surface area contributed by atoms with Crippen LogP contribution in [-0.4, -0.2) is 0 Å². The Balaban J connectivity index is 3.07. The quantitative estimate of drug-likeness (QED) is 0.561. The zero-order valence-corrected chi connectivity index (χ0v) is 6.69. The first-order valence-corrected chi connectivity index (χ1v) is 3.47. The van der Waals surface area contributed by atoms with Gasteiger partial charge in [0.2, 0.25) is 0 Å². The SMILES string of the molecule is N#CC#Cc1ccc(F)c(Cl)c1. The summed E-state index contributed by atoms with van der Waals surface area (Å²) >= 11 is 5.47. The maximum atomic E-state index is 12.6. The molecule has 0 heterocycles. The number of rotatable bonds is 0. The van der Waals surface area contributed by atoms with Crippen molar-refractivity contribution in [3.8, 4) is 17.9 Å². The van der Waals surface area contributed by atoms with Gasteiger partial charge in [-0.2, -0.15) is 5.26 Å². The van der Waals surface area contributed by atoms with Crippen LogP contribution in [0, 0.1) is 29.0 Å². The van der Waals surface area contributed by atoms with Crippen molar-refractivity contribution in [3.05, 3.63) is 34.6 Å². The molecule has 0 unspecified atom stereocenters. The molecular weight excluding hydrogens is 177 g/mol. The number of hydrogen-bond donors (Lipinski definition) is 0. The Labute approximate surface area is 74.4 Å². The lowest BCUT2D eigenvalue weighted by atomic mass is 10.2. The first-order chi connectivity index (χ1) is 5.74. The van der Waals surface area contributed by atoms with Gasteiger partial charge in [0.25, 0.3) is 0 Å². The van der Waals surface area contributed by atoms with Crippen molar-refractivity contribution in [1.29, 1.82) is 5.26 Å². The highest BCUT2D eigenvalue weighted by molar-refractivity contribution is 6.30. The first kappa shape index (κ1) is 8.59. The van der Waals surface area contributed by atoms with Crippen LogP contribution >= 0.6 is 11.6 Å². The van der Waals surface area contributed by atoms with E-state index in [4.69, 9.17) is 16.9 Å². The van der Waals surface area contributed by atoms with Crippen molar-refractivity contribution in [2.75, 3.05) is 0 Å². The van der Waals surface area contributed by atoms with E-state index in [-0.39, 0.29) is 5.02 Å². The molecule has 1 nitrogen and oxygen atoms in total. The third-order valence-corrected chi connectivity index (χ3v) is 1.47. The second-order valence-corrected chi connectivity index (χ2v) is 2.40. The van der Waals surface area contributed by atoms with Gasteiger partial charge in [0, 0.05) is 11.5 Å². The molecule has 0 bridgehead atoms. The topological polar surface area (TPSA) is 23.8 Å². The number of benzene rings is 1. The molecule has 1 rings (SSSR count). The average Bonchev–Trinajstić information content (AvgIpc) is 2.07. The second-order valence-electron chi connectivity index (χ2n) is 1.99. The van der Waals surface area contributed by atoms with Gasteiger partial charge in [-0.15, -0.1) is 0 Å². The summed E-state index contributed by atoms with van der Waals surface area (Å²) in [6.45, 7) is 0. The molecule has 0 saturated carbocycles. The van der Waals surface area contributed by atoms with E-state index < -0.39 is 5.82 Å². The fourth-order valence-electron chi connectivity index (χ4n) is 0.674. The Morgan fingerprint density at radius 3 is 2.75 bits per heavy atom. The molecule has 0 fully saturated rings. The van der Waals surface area contributed by atoms with Crippen molar-refractivity contribution in [3.63, 3.8) is 0 Å². The smallest absolute Gasteiger partial charge is 0.152 e. The minimum absolute atomic E-state index is 0.0136. The molecule has 0 saturated heterocycles. The molecule has 0 radical (unpaired) electrons. The Morgan fingerprint density at radius 2 is 2.17 bits per heavy atom. The van der Waals surface area contributed by atoms with Crippen molar-refractivity contribution >= 4 is 11.6 Å². The normalized spacial score (nSPS) is 8.08. The molecule has 0 aromatic heterocycles. The highest BCUT2D eigenvalue weighted by Crippen LogP contribution is 2.14. The van der Waals surface area contributed by atoms with Crippen LogP contribution in [-0.2, 0) is 0 Å². The third-order valence-electron chi connectivity index (χ3n) is 1.18. The summed E-state index contributed by atoms with van der Waals surface area (Å²) in [5.74, 6) is 4.20. The molecule has 1 aromatic carbocycles. The maximum absolute atomic E-state index is 12.6. The van der Waals surface area contributed by atoms with E-state index in [2.05, 4.69) is 11.8 Å². The standard InChI is InChI=1S/C9H3ClFN/c10-8-6-7(2-1-5-12)3-4-9(8)11/h3-4,6H. The molecule has 58 valence electrons. The molecule has 12 heavy (non-hydrogen) atoms. The molecule has 3 heteroatoms. The van der Waals surface area contributed by atoms with Crippen LogP contribution < -0.4 is 0 Å². The summed E-state index contributed by atoms with van der Waals surface area (Å²) in [6, 6.07) is 5.70. The van der Waals surface area contributed by atoms with Crippen LogP contribution in [0.2, 0.25) is 5.02 Å². The zero-order valence-electron chi connectivity index (χ0n) is 5.94. The molecular formula is C9H3ClFN. The van der Waals surface area contributed by atoms with Gasteiger partial charge in [0.1, 0.15) is 5.82 Å². The monoisotopic (exact) mass is 179 g/mol. The zero-order chi connectivity index (χ0) is 8.97. The Bertz CT molecular complexity index is 395. The van der Waals surface area contributed by atoms with Gasteiger partial charge >= 0.3 is 0 Å². The lowest BCUT2D eigenvalue weighted by Gasteiger charge is -1.92. The van der Waals surface area contributed by atoms with Crippen molar-refractivity contribution < 1.29 is 4.39 Å². The molecule has 1 aromatic rings. The van der Waals surface area contributed by atoms with E-state index in [1.807, 2.05) is 0 Å². The number of nitrogens with zero attached hydrogens (tertiary/aromatic N) is 1. The van der Waals surface area contributed by atoms with Gasteiger partial charge in [-0.1, -0.05) is 17.5 Å². The van der Waals surface area contributed by atoms with Crippen LogP contribution in [0.25, 0.3) is 0 Å². The number of halogens is 2. The molecule has 0 amide bonds. The van der Waals surface area contributed by atoms with Crippen LogP contribution in [0.4, 0.5) is 4.39 Å². The maximum Gasteiger partial charge on any atom is 0.152 e. The van der Waals surface area contributed by atoms with Gasteiger partial charge in [0.15, 0.2) is 6.07 Å². The lowest BCUT2D eigenvalue weighted by Crippen LogP contribution is -1.78. The second kappa shape index (κ2) is 3.76. The van der Waals surface area contributed by atoms with E-state index >= 15 is 0 Å². The van der Waals surface area contributed by atoms with E-state index in [9.17, 15) is 4.39 Å². The summed E-state index contributed by atoms with van der Waals surface area (Å²) < 4.78 is 12.6. The average molecular weight is 180 g/mol. The largest absolute Gasteiger partial charge is 0.205 e. The molecule has 0 spiro atoms. The minimum atomic E-state index is -0.487. The summed E-state index contributed by atoms with van der Waals surface area (Å²) in [5.41, 5.74) is 0.531. The van der Waals surface area contributed by atoms with E-state index in [1.165, 1.54) is 18.2 Å². The fraction of sp³-hybridized carbons (Fsp3) is 0. The van der Waals surface area contributed by atoms with Crippen LogP contribution in [0.5, 0.6) is 0 Å². The number of nitriles is 1. The summed E-state index contributed by atoms with van der Waals surface area (Å²) in [4.78, 5) is 0. The first-order valence-electron chi connectivity index (χ1n) is 3.09. The third kappa shape index (κ3) is 1.99. The van der Waals surface area contributed by atoms with Crippen LogP contribution in [0.3, 0.4) is 0 Å². The van der Waals surface area contributed by atoms with Gasteiger partial charge in [-0.25, -0.2) is 4.39 Å².